The molecule has 0 saturated heterocycles. The molecule has 2 aromatic rings. The topological polar surface area (TPSA) is 45.2 Å². The van der Waals surface area contributed by atoms with Gasteiger partial charge in [0, 0.05) is 36.9 Å². The number of hydrogen-bond donors (Lipinski definition) is 1. The lowest BCUT2D eigenvalue weighted by atomic mass is 10.1. The predicted molar refractivity (Wildman–Crippen MR) is 89.5 cm³/mol. The first kappa shape index (κ1) is 14.6. The molecule has 0 saturated carbocycles. The van der Waals surface area contributed by atoms with Crippen LogP contribution in [0.1, 0.15) is 35.7 Å². The van der Waals surface area contributed by atoms with Crippen molar-refractivity contribution in [3.05, 3.63) is 53.9 Å². The fraction of sp³-hybridized carbons (Fsp3) is 0.333. The fourth-order valence-corrected chi connectivity index (χ4v) is 2.80. The molecule has 2 heterocycles. The van der Waals surface area contributed by atoms with E-state index in [2.05, 4.69) is 34.3 Å². The molecule has 1 aliphatic rings. The molecule has 0 spiro atoms. The van der Waals surface area contributed by atoms with Gasteiger partial charge in [-0.05, 0) is 42.7 Å². The van der Waals surface area contributed by atoms with Gasteiger partial charge in [-0.25, -0.2) is 0 Å². The van der Waals surface area contributed by atoms with Crippen LogP contribution >= 0.6 is 0 Å². The quantitative estimate of drug-likeness (QED) is 0.918. The van der Waals surface area contributed by atoms with Crippen LogP contribution in [0.4, 0.5) is 11.4 Å². The molecule has 0 radical (unpaired) electrons. The van der Waals surface area contributed by atoms with Crippen LogP contribution in [0.25, 0.3) is 0 Å². The summed E-state index contributed by atoms with van der Waals surface area (Å²) in [4.78, 5) is 18.6. The maximum Gasteiger partial charge on any atom is 0.257 e. The predicted octanol–water partition coefficient (Wildman–Crippen LogP) is 3.50. The second-order valence-corrected chi connectivity index (χ2v) is 5.63. The average molecular weight is 295 g/mol. The molecule has 22 heavy (non-hydrogen) atoms. The van der Waals surface area contributed by atoms with Gasteiger partial charge in [0.2, 0.25) is 0 Å². The molecule has 1 aliphatic heterocycles. The zero-order chi connectivity index (χ0) is 15.4. The Hall–Kier alpha value is -2.36. The van der Waals surface area contributed by atoms with Gasteiger partial charge in [0.1, 0.15) is 0 Å². The van der Waals surface area contributed by atoms with Crippen LogP contribution in [0, 0.1) is 0 Å². The monoisotopic (exact) mass is 295 g/mol. The summed E-state index contributed by atoms with van der Waals surface area (Å²) in [5.41, 5.74) is 4.05. The number of carbonyl (C=O) groups excluding carboxylic acids is 1. The molecule has 4 heteroatoms. The maximum absolute atomic E-state index is 12.2. The molecule has 3 rings (SSSR count). The molecule has 0 aliphatic carbocycles. The Morgan fingerprint density at radius 3 is 3.05 bits per heavy atom. The van der Waals surface area contributed by atoms with Crippen LogP contribution < -0.4 is 10.2 Å². The largest absolute Gasteiger partial charge is 0.371 e. The number of carbonyl (C=O) groups is 1. The third kappa shape index (κ3) is 3.11. The zero-order valence-corrected chi connectivity index (χ0v) is 12.9. The third-order valence-corrected chi connectivity index (χ3v) is 4.04. The number of pyridine rings is 1. The van der Waals surface area contributed by atoms with E-state index in [0.29, 0.717) is 5.56 Å². The SMILES string of the molecule is CCCCN1CCc2ccc(NC(=O)c3cccnc3)cc21. The number of nitrogens with zero attached hydrogens (tertiary/aromatic N) is 2. The first-order chi connectivity index (χ1) is 10.8. The van der Waals surface area contributed by atoms with Gasteiger partial charge in [0.15, 0.2) is 0 Å². The highest BCUT2D eigenvalue weighted by atomic mass is 16.1. The van der Waals surface area contributed by atoms with Crippen molar-refractivity contribution < 1.29 is 4.79 Å². The molecule has 0 bridgehead atoms. The first-order valence-electron chi connectivity index (χ1n) is 7.87. The smallest absolute Gasteiger partial charge is 0.257 e. The van der Waals surface area contributed by atoms with Gasteiger partial charge in [-0.15, -0.1) is 0 Å². The van der Waals surface area contributed by atoms with Crippen molar-refractivity contribution in [2.24, 2.45) is 0 Å². The van der Waals surface area contributed by atoms with Gasteiger partial charge < -0.3 is 10.2 Å². The summed E-state index contributed by atoms with van der Waals surface area (Å²) in [6.45, 7) is 4.38. The number of benzene rings is 1. The minimum atomic E-state index is -0.119. The van der Waals surface area contributed by atoms with E-state index in [1.807, 2.05) is 6.07 Å². The average Bonchev–Trinajstić information content (AvgIpc) is 2.96. The molecule has 114 valence electrons. The summed E-state index contributed by atoms with van der Waals surface area (Å²) < 4.78 is 0. The van der Waals surface area contributed by atoms with E-state index < -0.39 is 0 Å². The summed E-state index contributed by atoms with van der Waals surface area (Å²) >= 11 is 0. The second kappa shape index (κ2) is 6.60. The Labute approximate surface area is 131 Å². The molecule has 1 aromatic heterocycles. The standard InChI is InChI=1S/C18H21N3O/c1-2-3-10-21-11-8-14-6-7-16(12-17(14)21)20-18(22)15-5-4-9-19-13-15/h4-7,9,12-13H,2-3,8,10-11H2,1H3,(H,20,22). The number of amides is 1. The van der Waals surface area contributed by atoms with Gasteiger partial charge in [-0.1, -0.05) is 19.4 Å². The van der Waals surface area contributed by atoms with Crippen molar-refractivity contribution in [1.29, 1.82) is 0 Å². The van der Waals surface area contributed by atoms with Crippen molar-refractivity contribution in [3.63, 3.8) is 0 Å². The number of anilines is 2. The maximum atomic E-state index is 12.2. The van der Waals surface area contributed by atoms with Crippen molar-refractivity contribution >= 4 is 17.3 Å². The summed E-state index contributed by atoms with van der Waals surface area (Å²) in [6, 6.07) is 9.73. The highest BCUT2D eigenvalue weighted by Crippen LogP contribution is 2.31. The Morgan fingerprint density at radius 2 is 2.27 bits per heavy atom. The molecule has 0 unspecified atom stereocenters. The van der Waals surface area contributed by atoms with Crippen LogP contribution in [0.3, 0.4) is 0 Å². The van der Waals surface area contributed by atoms with Gasteiger partial charge in [-0.2, -0.15) is 0 Å². The number of nitrogens with one attached hydrogen (secondary N) is 1. The van der Waals surface area contributed by atoms with Gasteiger partial charge in [0.25, 0.3) is 5.91 Å². The molecule has 0 fully saturated rings. The summed E-state index contributed by atoms with van der Waals surface area (Å²) in [5, 5.41) is 2.96. The van der Waals surface area contributed by atoms with Crippen LogP contribution in [-0.2, 0) is 6.42 Å². The van der Waals surface area contributed by atoms with E-state index in [9.17, 15) is 4.79 Å². The van der Waals surface area contributed by atoms with Crippen molar-refractivity contribution in [2.75, 3.05) is 23.3 Å². The third-order valence-electron chi connectivity index (χ3n) is 4.04. The Morgan fingerprint density at radius 1 is 1.36 bits per heavy atom. The highest BCUT2D eigenvalue weighted by Gasteiger charge is 2.19. The van der Waals surface area contributed by atoms with E-state index in [1.54, 1.807) is 24.5 Å². The fourth-order valence-electron chi connectivity index (χ4n) is 2.80. The Bertz CT molecular complexity index is 655. The van der Waals surface area contributed by atoms with E-state index in [1.165, 1.54) is 24.1 Å². The van der Waals surface area contributed by atoms with E-state index in [-0.39, 0.29) is 5.91 Å². The lowest BCUT2D eigenvalue weighted by Crippen LogP contribution is -2.21. The summed E-state index contributed by atoms with van der Waals surface area (Å²) in [7, 11) is 0. The van der Waals surface area contributed by atoms with Crippen molar-refractivity contribution in [2.45, 2.75) is 26.2 Å². The molecule has 0 atom stereocenters. The summed E-state index contributed by atoms with van der Waals surface area (Å²) in [5.74, 6) is -0.119. The highest BCUT2D eigenvalue weighted by molar-refractivity contribution is 6.04. The van der Waals surface area contributed by atoms with Gasteiger partial charge in [-0.3, -0.25) is 9.78 Å². The van der Waals surface area contributed by atoms with Crippen LogP contribution in [0.5, 0.6) is 0 Å². The normalized spacial score (nSPS) is 13.0. The molecular formula is C18H21N3O. The zero-order valence-electron chi connectivity index (χ0n) is 12.9. The van der Waals surface area contributed by atoms with Crippen LogP contribution in [-0.4, -0.2) is 24.0 Å². The number of aromatic nitrogens is 1. The molecule has 4 nitrogen and oxygen atoms in total. The molecule has 1 amide bonds. The lowest BCUT2D eigenvalue weighted by molar-refractivity contribution is 0.102. The lowest BCUT2D eigenvalue weighted by Gasteiger charge is -2.19. The minimum absolute atomic E-state index is 0.119. The minimum Gasteiger partial charge on any atom is -0.371 e. The van der Waals surface area contributed by atoms with Gasteiger partial charge >= 0.3 is 0 Å². The molecule has 1 N–H and O–H groups in total. The number of hydrogen-bond acceptors (Lipinski definition) is 3. The van der Waals surface area contributed by atoms with Gasteiger partial charge in [0.05, 0.1) is 5.56 Å². The molecular weight excluding hydrogens is 274 g/mol. The Balaban J connectivity index is 1.75. The second-order valence-electron chi connectivity index (χ2n) is 5.63. The number of rotatable bonds is 5. The Kier molecular flexibility index (Phi) is 4.37. The first-order valence-corrected chi connectivity index (χ1v) is 7.87. The van der Waals surface area contributed by atoms with E-state index in [0.717, 1.165) is 25.2 Å². The van der Waals surface area contributed by atoms with Crippen molar-refractivity contribution in [1.82, 2.24) is 4.98 Å². The van der Waals surface area contributed by atoms with Crippen LogP contribution in [0.2, 0.25) is 0 Å². The summed E-state index contributed by atoms with van der Waals surface area (Å²) in [6.07, 6.45) is 6.74. The van der Waals surface area contributed by atoms with E-state index in [4.69, 9.17) is 0 Å². The molecule has 1 aromatic carbocycles. The number of fused-ring (bicyclic) bond motifs is 1. The number of unbranched alkanes of at least 4 members (excludes halogenated alkanes) is 1. The van der Waals surface area contributed by atoms with Crippen molar-refractivity contribution in [3.8, 4) is 0 Å². The van der Waals surface area contributed by atoms with Crippen LogP contribution in [0.15, 0.2) is 42.7 Å². The van der Waals surface area contributed by atoms with E-state index >= 15 is 0 Å².